The molecule has 0 aliphatic rings. The molecular weight excluding hydrogens is 369 g/mol. The SMILES string of the molecule is COC(=O)C(=NNC(=O)c1ccc(Cl)cc1)C(Br)[N+](=O)[O-]. The van der Waals surface area contributed by atoms with Crippen LogP contribution in [0.25, 0.3) is 0 Å². The molecule has 1 aromatic rings. The van der Waals surface area contributed by atoms with Crippen molar-refractivity contribution in [3.8, 4) is 0 Å². The number of esters is 1. The fourth-order valence-electron chi connectivity index (χ4n) is 1.18. The quantitative estimate of drug-likeness (QED) is 0.209. The van der Waals surface area contributed by atoms with E-state index < -0.39 is 27.5 Å². The summed E-state index contributed by atoms with van der Waals surface area (Å²) < 4.78 is 4.36. The first-order valence-corrected chi connectivity index (χ1v) is 6.65. The smallest absolute Gasteiger partial charge is 0.362 e. The van der Waals surface area contributed by atoms with Crippen molar-refractivity contribution in [2.75, 3.05) is 7.11 Å². The number of nitrogens with one attached hydrogen (secondary N) is 1. The van der Waals surface area contributed by atoms with E-state index in [2.05, 4.69) is 25.8 Å². The van der Waals surface area contributed by atoms with Gasteiger partial charge in [0.25, 0.3) is 5.91 Å². The number of alkyl halides is 1. The maximum atomic E-state index is 11.8. The van der Waals surface area contributed by atoms with Crippen LogP contribution in [0.2, 0.25) is 5.02 Å². The van der Waals surface area contributed by atoms with Gasteiger partial charge in [-0.25, -0.2) is 10.2 Å². The van der Waals surface area contributed by atoms with E-state index in [-0.39, 0.29) is 5.56 Å². The molecule has 8 nitrogen and oxygen atoms in total. The Morgan fingerprint density at radius 2 is 2.00 bits per heavy atom. The first-order valence-electron chi connectivity index (χ1n) is 5.36. The van der Waals surface area contributed by atoms with E-state index in [1.165, 1.54) is 24.3 Å². The molecule has 1 rings (SSSR count). The molecule has 10 heteroatoms. The Morgan fingerprint density at radius 1 is 1.43 bits per heavy atom. The van der Waals surface area contributed by atoms with Crippen LogP contribution in [0.4, 0.5) is 0 Å². The normalized spacial score (nSPS) is 12.4. The number of hydrogen-bond donors (Lipinski definition) is 1. The summed E-state index contributed by atoms with van der Waals surface area (Å²) in [5, 5.41) is 14.5. The predicted octanol–water partition coefficient (Wildman–Crippen LogP) is 1.60. The second-order valence-electron chi connectivity index (χ2n) is 3.56. The number of hydrazone groups is 1. The maximum absolute atomic E-state index is 11.8. The molecule has 1 aromatic carbocycles. The van der Waals surface area contributed by atoms with E-state index in [1.807, 2.05) is 5.43 Å². The third kappa shape index (κ3) is 4.80. The molecule has 1 N–H and O–H groups in total. The monoisotopic (exact) mass is 377 g/mol. The Morgan fingerprint density at radius 3 is 2.48 bits per heavy atom. The van der Waals surface area contributed by atoms with Gasteiger partial charge in [-0.3, -0.25) is 14.9 Å². The summed E-state index contributed by atoms with van der Waals surface area (Å²) in [5.41, 5.74) is 1.67. The Bertz CT molecular complexity index is 590. The van der Waals surface area contributed by atoms with Crippen LogP contribution in [0, 0.1) is 10.1 Å². The van der Waals surface area contributed by atoms with Crippen molar-refractivity contribution < 1.29 is 19.2 Å². The number of benzene rings is 1. The number of carbonyl (C=O) groups is 2. The van der Waals surface area contributed by atoms with Gasteiger partial charge in [-0.2, -0.15) is 5.10 Å². The van der Waals surface area contributed by atoms with Crippen molar-refractivity contribution in [2.24, 2.45) is 5.10 Å². The van der Waals surface area contributed by atoms with E-state index in [0.717, 1.165) is 7.11 Å². The Hall–Kier alpha value is -2.00. The van der Waals surface area contributed by atoms with Gasteiger partial charge in [0.1, 0.15) is 0 Å². The second-order valence-corrected chi connectivity index (χ2v) is 4.86. The summed E-state index contributed by atoms with van der Waals surface area (Å²) >= 11 is 8.35. The van der Waals surface area contributed by atoms with Crippen LogP contribution in [0.3, 0.4) is 0 Å². The number of nitrogens with zero attached hydrogens (tertiary/aromatic N) is 2. The van der Waals surface area contributed by atoms with Crippen LogP contribution in [-0.2, 0) is 9.53 Å². The molecule has 1 unspecified atom stereocenters. The zero-order valence-electron chi connectivity index (χ0n) is 10.6. The molecule has 1 amide bonds. The molecule has 1 atom stereocenters. The summed E-state index contributed by atoms with van der Waals surface area (Å²) in [6, 6.07) is 5.85. The molecule has 0 heterocycles. The van der Waals surface area contributed by atoms with Crippen molar-refractivity contribution >= 4 is 45.1 Å². The topological polar surface area (TPSA) is 111 Å². The molecule has 0 spiro atoms. The van der Waals surface area contributed by atoms with E-state index in [9.17, 15) is 19.7 Å². The lowest BCUT2D eigenvalue weighted by Gasteiger charge is -2.06. The van der Waals surface area contributed by atoms with Gasteiger partial charge in [0, 0.05) is 31.4 Å². The van der Waals surface area contributed by atoms with E-state index >= 15 is 0 Å². The minimum atomic E-state index is -1.60. The summed E-state index contributed by atoms with van der Waals surface area (Å²) in [4.78, 5) is 31.4. The van der Waals surface area contributed by atoms with Gasteiger partial charge in [-0.05, 0) is 24.3 Å². The van der Waals surface area contributed by atoms with Crippen LogP contribution in [-0.4, -0.2) is 34.6 Å². The highest BCUT2D eigenvalue weighted by Crippen LogP contribution is 2.09. The average molecular weight is 379 g/mol. The Kier molecular flexibility index (Phi) is 6.25. The van der Waals surface area contributed by atoms with Crippen molar-refractivity contribution in [1.82, 2.24) is 5.43 Å². The van der Waals surface area contributed by atoms with E-state index in [0.29, 0.717) is 5.02 Å². The number of ether oxygens (including phenoxy) is 1. The van der Waals surface area contributed by atoms with Crippen LogP contribution in [0.15, 0.2) is 29.4 Å². The summed E-state index contributed by atoms with van der Waals surface area (Å²) in [5.74, 6) is -1.69. The van der Waals surface area contributed by atoms with Gasteiger partial charge in [-0.1, -0.05) is 11.6 Å². The van der Waals surface area contributed by atoms with Crippen LogP contribution in [0.5, 0.6) is 0 Å². The summed E-state index contributed by atoms with van der Waals surface area (Å²) in [6.07, 6.45) is 0. The third-order valence-electron chi connectivity index (χ3n) is 2.19. The molecule has 0 saturated heterocycles. The number of hydrogen-bond acceptors (Lipinski definition) is 6. The van der Waals surface area contributed by atoms with Gasteiger partial charge in [0.15, 0.2) is 0 Å². The molecule has 0 aromatic heterocycles. The zero-order chi connectivity index (χ0) is 16.0. The summed E-state index contributed by atoms with van der Waals surface area (Å²) in [7, 11) is 1.04. The van der Waals surface area contributed by atoms with Crippen LogP contribution < -0.4 is 5.43 Å². The zero-order valence-corrected chi connectivity index (χ0v) is 12.9. The van der Waals surface area contributed by atoms with Gasteiger partial charge in [-0.15, -0.1) is 0 Å². The molecule has 0 aliphatic carbocycles. The number of carbonyl (C=O) groups excluding carboxylic acids is 2. The molecular formula is C11H9BrClN3O5. The lowest BCUT2D eigenvalue weighted by molar-refractivity contribution is -0.474. The minimum Gasteiger partial charge on any atom is -0.464 e. The number of methoxy groups -OCH3 is 1. The largest absolute Gasteiger partial charge is 0.464 e. The Labute approximate surface area is 132 Å². The van der Waals surface area contributed by atoms with Crippen LogP contribution >= 0.6 is 27.5 Å². The number of amides is 1. The van der Waals surface area contributed by atoms with Gasteiger partial charge in [0.2, 0.25) is 5.71 Å². The highest BCUT2D eigenvalue weighted by Gasteiger charge is 2.31. The summed E-state index contributed by atoms with van der Waals surface area (Å²) in [6.45, 7) is 0. The van der Waals surface area contributed by atoms with E-state index in [4.69, 9.17) is 11.6 Å². The Balaban J connectivity index is 2.91. The molecule has 0 fully saturated rings. The maximum Gasteiger partial charge on any atom is 0.362 e. The van der Waals surface area contributed by atoms with Crippen molar-refractivity contribution in [3.05, 3.63) is 45.0 Å². The third-order valence-corrected chi connectivity index (χ3v) is 3.21. The van der Waals surface area contributed by atoms with Crippen molar-refractivity contribution in [3.63, 3.8) is 0 Å². The molecule has 21 heavy (non-hydrogen) atoms. The molecule has 0 aliphatic heterocycles. The number of nitro groups is 1. The lowest BCUT2D eigenvalue weighted by atomic mass is 10.2. The van der Waals surface area contributed by atoms with Gasteiger partial charge >= 0.3 is 10.9 Å². The fourth-order valence-corrected chi connectivity index (χ4v) is 1.59. The first-order chi connectivity index (χ1) is 9.86. The average Bonchev–Trinajstić information content (AvgIpc) is 2.47. The number of halogens is 2. The van der Waals surface area contributed by atoms with E-state index in [1.54, 1.807) is 0 Å². The molecule has 0 radical (unpaired) electrons. The molecule has 0 saturated carbocycles. The molecule has 112 valence electrons. The van der Waals surface area contributed by atoms with Crippen molar-refractivity contribution in [2.45, 2.75) is 4.95 Å². The second kappa shape index (κ2) is 7.70. The fraction of sp³-hybridized carbons (Fsp3) is 0.182. The van der Waals surface area contributed by atoms with Crippen LogP contribution in [0.1, 0.15) is 10.4 Å². The highest BCUT2D eigenvalue weighted by molar-refractivity contribution is 9.09. The highest BCUT2D eigenvalue weighted by atomic mass is 79.9. The predicted molar refractivity (Wildman–Crippen MR) is 78.1 cm³/mol. The number of rotatable bonds is 5. The first kappa shape index (κ1) is 17.1. The van der Waals surface area contributed by atoms with Crippen molar-refractivity contribution in [1.29, 1.82) is 0 Å². The standard InChI is InChI=1S/C11H9BrClN3O5/c1-21-11(18)8(9(12)16(19)20)14-15-10(17)6-2-4-7(13)5-3-6/h2-5,9H,1H3,(H,15,17). The lowest BCUT2D eigenvalue weighted by Crippen LogP contribution is -2.34. The molecule has 0 bridgehead atoms. The van der Waals surface area contributed by atoms with Gasteiger partial charge in [0.05, 0.1) is 7.11 Å². The van der Waals surface area contributed by atoms with Gasteiger partial charge < -0.3 is 4.74 Å². The minimum absolute atomic E-state index is 0.222.